The van der Waals surface area contributed by atoms with Crippen LogP contribution in [0.1, 0.15) is 39.5 Å². The molecule has 1 heterocycles. The van der Waals surface area contributed by atoms with E-state index in [4.69, 9.17) is 13.8 Å². The summed E-state index contributed by atoms with van der Waals surface area (Å²) in [5.41, 5.74) is -0.720. The second-order valence-electron chi connectivity index (χ2n) is 4.74. The van der Waals surface area contributed by atoms with Crippen molar-refractivity contribution in [2.75, 3.05) is 13.2 Å². The van der Waals surface area contributed by atoms with Gasteiger partial charge in [0, 0.05) is 5.92 Å². The van der Waals surface area contributed by atoms with Crippen LogP contribution in [-0.2, 0) is 23.1 Å². The second-order valence-corrected chi connectivity index (χ2v) is 6.90. The van der Waals surface area contributed by atoms with Gasteiger partial charge >= 0.3 is 13.6 Å². The van der Waals surface area contributed by atoms with Crippen LogP contribution < -0.4 is 0 Å². The molecule has 0 aromatic carbocycles. The number of carbonyl (C=O) groups is 1. The molecule has 0 amide bonds. The van der Waals surface area contributed by atoms with Crippen LogP contribution >= 0.6 is 7.60 Å². The van der Waals surface area contributed by atoms with Crippen LogP contribution in [0.4, 0.5) is 0 Å². The van der Waals surface area contributed by atoms with Gasteiger partial charge in [0.1, 0.15) is 6.10 Å². The van der Waals surface area contributed by atoms with E-state index in [1.807, 2.05) is 0 Å². The topological polar surface area (TPSA) is 61.8 Å². The first-order chi connectivity index (χ1) is 8.62. The summed E-state index contributed by atoms with van der Waals surface area (Å²) in [5.74, 6) is -0.410. The molecular weight excluding hydrogens is 255 g/mol. The van der Waals surface area contributed by atoms with Crippen molar-refractivity contribution in [3.05, 3.63) is 0 Å². The lowest BCUT2D eigenvalue weighted by Crippen LogP contribution is -2.29. The molecule has 0 unspecified atom stereocenters. The minimum absolute atomic E-state index is 0.00446. The van der Waals surface area contributed by atoms with Crippen molar-refractivity contribution in [1.82, 2.24) is 0 Å². The third kappa shape index (κ3) is 2.49. The summed E-state index contributed by atoms with van der Waals surface area (Å²) < 4.78 is 28.7. The third-order valence-corrected chi connectivity index (χ3v) is 6.14. The largest absolute Gasteiger partial charge is 0.461 e. The molecule has 18 heavy (non-hydrogen) atoms. The van der Waals surface area contributed by atoms with Gasteiger partial charge in [-0.1, -0.05) is 6.42 Å². The highest BCUT2D eigenvalue weighted by Gasteiger charge is 2.56. The van der Waals surface area contributed by atoms with Crippen molar-refractivity contribution < 1.29 is 23.1 Å². The van der Waals surface area contributed by atoms with E-state index in [2.05, 4.69) is 0 Å². The lowest BCUT2D eigenvalue weighted by molar-refractivity contribution is -0.141. The Bertz CT molecular complexity index is 346. The molecule has 0 spiro atoms. The van der Waals surface area contributed by atoms with Crippen molar-refractivity contribution in [2.24, 2.45) is 5.92 Å². The molecule has 104 valence electrons. The molecule has 2 rings (SSSR count). The molecule has 2 aliphatic rings. The van der Waals surface area contributed by atoms with Crippen LogP contribution in [0, 0.1) is 5.92 Å². The van der Waals surface area contributed by atoms with Crippen LogP contribution in [0.5, 0.6) is 0 Å². The van der Waals surface area contributed by atoms with Gasteiger partial charge in [-0.25, -0.2) is 0 Å². The average Bonchev–Trinajstić information content (AvgIpc) is 2.66. The third-order valence-electron chi connectivity index (χ3n) is 3.63. The van der Waals surface area contributed by atoms with Crippen LogP contribution in [0.2, 0.25) is 0 Å². The zero-order chi connectivity index (χ0) is 13.2. The lowest BCUT2D eigenvalue weighted by atomic mass is 9.86. The Hall–Kier alpha value is -0.380. The van der Waals surface area contributed by atoms with E-state index in [0.29, 0.717) is 0 Å². The minimum atomic E-state index is -3.39. The molecule has 6 heteroatoms. The summed E-state index contributed by atoms with van der Waals surface area (Å²) in [6, 6.07) is 0. The standard InChI is InChI=1S/C12H21O5P/c1-3-15-18(14,16-4-2)11-9-7-5-6-8-10(9)17-12(11)13/h9-11H,3-8H2,1-2H3/t9-,10+,11-/m1/s1. The van der Waals surface area contributed by atoms with Gasteiger partial charge in [0.2, 0.25) is 0 Å². The molecule has 0 aromatic heterocycles. The molecule has 2 fully saturated rings. The van der Waals surface area contributed by atoms with Gasteiger partial charge in [0.05, 0.1) is 13.2 Å². The first-order valence-corrected chi connectivity index (χ1v) is 8.33. The summed E-state index contributed by atoms with van der Waals surface area (Å²) in [6.07, 6.45) is 3.75. The fourth-order valence-electron chi connectivity index (χ4n) is 2.95. The SMILES string of the molecule is CCOP(=O)(OCC)[C@H]1C(=O)O[C@H]2CCCC[C@H]21. The van der Waals surface area contributed by atoms with Gasteiger partial charge in [-0.15, -0.1) is 0 Å². The first-order valence-electron chi connectivity index (χ1n) is 6.71. The van der Waals surface area contributed by atoms with E-state index >= 15 is 0 Å². The number of fused-ring (bicyclic) bond motifs is 1. The van der Waals surface area contributed by atoms with Gasteiger partial charge in [-0.3, -0.25) is 9.36 Å². The van der Waals surface area contributed by atoms with E-state index < -0.39 is 19.2 Å². The van der Waals surface area contributed by atoms with Crippen molar-refractivity contribution in [3.8, 4) is 0 Å². The predicted molar refractivity (Wildman–Crippen MR) is 66.5 cm³/mol. The van der Waals surface area contributed by atoms with Gasteiger partial charge < -0.3 is 13.8 Å². The second kappa shape index (κ2) is 5.72. The molecule has 3 atom stereocenters. The number of carbonyl (C=O) groups excluding carboxylic acids is 1. The van der Waals surface area contributed by atoms with E-state index in [-0.39, 0.29) is 25.2 Å². The molecule has 0 bridgehead atoms. The molecule has 1 saturated heterocycles. The summed E-state index contributed by atoms with van der Waals surface area (Å²) in [5, 5.41) is 0. The number of hydrogen-bond acceptors (Lipinski definition) is 5. The molecule has 5 nitrogen and oxygen atoms in total. The minimum Gasteiger partial charge on any atom is -0.461 e. The normalized spacial score (nSPS) is 32.1. The monoisotopic (exact) mass is 276 g/mol. The zero-order valence-electron chi connectivity index (χ0n) is 11.0. The van der Waals surface area contributed by atoms with Crippen molar-refractivity contribution >= 4 is 13.6 Å². The van der Waals surface area contributed by atoms with E-state index in [9.17, 15) is 9.36 Å². The van der Waals surface area contributed by atoms with Crippen molar-refractivity contribution in [1.29, 1.82) is 0 Å². The molecule has 1 aliphatic carbocycles. The highest BCUT2D eigenvalue weighted by molar-refractivity contribution is 7.55. The Kier molecular flexibility index (Phi) is 4.46. The van der Waals surface area contributed by atoms with Crippen LogP contribution in [0.3, 0.4) is 0 Å². The van der Waals surface area contributed by atoms with E-state index in [1.165, 1.54) is 0 Å². The van der Waals surface area contributed by atoms with Crippen molar-refractivity contribution in [3.63, 3.8) is 0 Å². The molecule has 1 saturated carbocycles. The molecular formula is C12H21O5P. The Labute approximate surface area is 108 Å². The van der Waals surface area contributed by atoms with Gasteiger partial charge in [0.25, 0.3) is 0 Å². The molecule has 0 N–H and O–H groups in total. The Morgan fingerprint density at radius 2 is 1.83 bits per heavy atom. The Morgan fingerprint density at radius 1 is 1.22 bits per heavy atom. The van der Waals surface area contributed by atoms with Gasteiger partial charge in [-0.05, 0) is 33.1 Å². The predicted octanol–water partition coefficient (Wildman–Crippen LogP) is 2.74. The fourth-order valence-corrected chi connectivity index (χ4v) is 5.19. The number of esters is 1. The van der Waals surface area contributed by atoms with E-state index in [0.717, 1.165) is 25.7 Å². The zero-order valence-corrected chi connectivity index (χ0v) is 11.9. The lowest BCUT2D eigenvalue weighted by Gasteiger charge is -2.28. The van der Waals surface area contributed by atoms with Crippen LogP contribution in [0.25, 0.3) is 0 Å². The quantitative estimate of drug-likeness (QED) is 0.570. The maximum Gasteiger partial charge on any atom is 0.345 e. The summed E-state index contributed by atoms with van der Waals surface area (Å²) in [4.78, 5) is 12.0. The maximum absolute atomic E-state index is 12.7. The van der Waals surface area contributed by atoms with Crippen molar-refractivity contribution in [2.45, 2.75) is 51.3 Å². The number of rotatable bonds is 5. The maximum atomic E-state index is 12.7. The van der Waals surface area contributed by atoms with Gasteiger partial charge in [0.15, 0.2) is 5.66 Å². The summed E-state index contributed by atoms with van der Waals surface area (Å²) in [7, 11) is -3.39. The molecule has 0 aromatic rings. The van der Waals surface area contributed by atoms with E-state index in [1.54, 1.807) is 13.8 Å². The highest BCUT2D eigenvalue weighted by Crippen LogP contribution is 2.60. The van der Waals surface area contributed by atoms with Crippen LogP contribution in [-0.4, -0.2) is 30.9 Å². The Morgan fingerprint density at radius 3 is 2.44 bits per heavy atom. The van der Waals surface area contributed by atoms with Crippen LogP contribution in [0.15, 0.2) is 0 Å². The average molecular weight is 276 g/mol. The molecule has 0 radical (unpaired) electrons. The highest BCUT2D eigenvalue weighted by atomic mass is 31.2. The molecule has 1 aliphatic heterocycles. The summed E-state index contributed by atoms with van der Waals surface area (Å²) in [6.45, 7) is 4.06. The van der Waals surface area contributed by atoms with Gasteiger partial charge in [-0.2, -0.15) is 0 Å². The first kappa shape index (κ1) is 14.0. The smallest absolute Gasteiger partial charge is 0.345 e. The Balaban J connectivity index is 2.22. The fraction of sp³-hybridized carbons (Fsp3) is 0.917. The summed E-state index contributed by atoms with van der Waals surface area (Å²) >= 11 is 0. The number of hydrogen-bond donors (Lipinski definition) is 0. The number of ether oxygens (including phenoxy) is 1.